The van der Waals surface area contributed by atoms with Gasteiger partial charge in [-0.25, -0.2) is 9.37 Å². The summed E-state index contributed by atoms with van der Waals surface area (Å²) in [7, 11) is 3.04. The number of aliphatic hydroxyl groups excluding tert-OH is 1. The summed E-state index contributed by atoms with van der Waals surface area (Å²) in [5.74, 6) is 1.14. The number of β-amino-alcohol motifs (C(OH)–C–C–N with tert-alkyl or cyclic N) is 1. The van der Waals surface area contributed by atoms with Crippen LogP contribution in [-0.4, -0.2) is 89.2 Å². The predicted molar refractivity (Wildman–Crippen MR) is 108 cm³/mol. The summed E-state index contributed by atoms with van der Waals surface area (Å²) in [5.41, 5.74) is 1.12. The first-order valence-electron chi connectivity index (χ1n) is 9.72. The Labute approximate surface area is 170 Å². The van der Waals surface area contributed by atoms with Crippen molar-refractivity contribution >= 4 is 23.7 Å². The standard InChI is InChI=1S/C20H27N5O4/c1-5-10-21-19-22-17-16(18(27)24(4)20(28)23(17)3)25(19)11-14(26)12-29-15-8-6-13(2)7-9-15/h6-9,14,16,26H,5,10-12H2,1-4H3/p+1. The molecule has 156 valence electrons. The zero-order valence-corrected chi connectivity index (χ0v) is 17.3. The number of urea groups is 1. The Kier molecular flexibility index (Phi) is 6.17. The monoisotopic (exact) mass is 402 g/mol. The quantitative estimate of drug-likeness (QED) is 0.644. The average molecular weight is 402 g/mol. The molecule has 3 rings (SSSR count). The molecule has 2 aliphatic heterocycles. The number of aliphatic hydroxyl groups is 1. The van der Waals surface area contributed by atoms with Crippen molar-refractivity contribution in [3.05, 3.63) is 29.8 Å². The van der Waals surface area contributed by atoms with Gasteiger partial charge in [0.2, 0.25) is 11.9 Å². The Morgan fingerprint density at radius 3 is 2.59 bits per heavy atom. The van der Waals surface area contributed by atoms with Gasteiger partial charge in [-0.15, -0.1) is 0 Å². The van der Waals surface area contributed by atoms with Crippen LogP contribution in [0.4, 0.5) is 4.79 Å². The van der Waals surface area contributed by atoms with Crippen LogP contribution in [0.15, 0.2) is 29.3 Å². The minimum Gasteiger partial charge on any atom is -0.491 e. The number of aliphatic imine (C=N–C) groups is 1. The molecule has 1 saturated heterocycles. The van der Waals surface area contributed by atoms with E-state index >= 15 is 0 Å². The minimum atomic E-state index is -0.856. The Hall–Kier alpha value is -2.94. The van der Waals surface area contributed by atoms with Gasteiger partial charge in [-0.05, 0) is 25.5 Å². The van der Waals surface area contributed by atoms with E-state index in [-0.39, 0.29) is 19.1 Å². The van der Waals surface area contributed by atoms with Crippen molar-refractivity contribution in [2.24, 2.45) is 4.99 Å². The summed E-state index contributed by atoms with van der Waals surface area (Å²) in [6.07, 6.45) is 0.0134. The molecule has 0 aliphatic carbocycles. The smallest absolute Gasteiger partial charge is 0.390 e. The molecule has 0 saturated carbocycles. The summed E-state index contributed by atoms with van der Waals surface area (Å²) in [6.45, 7) is 4.88. The molecule has 2 N–H and O–H groups in total. The molecule has 3 amide bonds. The third kappa shape index (κ3) is 4.24. The van der Waals surface area contributed by atoms with E-state index in [1.807, 2.05) is 38.1 Å². The number of nitrogens with one attached hydrogen (secondary N) is 1. The number of amidine groups is 1. The number of fused-ring (bicyclic) bond motifs is 1. The van der Waals surface area contributed by atoms with Gasteiger partial charge in [-0.3, -0.25) is 19.9 Å². The van der Waals surface area contributed by atoms with Gasteiger partial charge in [0, 0.05) is 14.1 Å². The normalized spacial score (nSPS) is 20.0. The maximum Gasteiger partial charge on any atom is 0.390 e. The lowest BCUT2D eigenvalue weighted by Gasteiger charge is -2.32. The molecular formula is C20H28N5O4+. The van der Waals surface area contributed by atoms with E-state index in [1.165, 1.54) is 11.9 Å². The second-order valence-corrected chi connectivity index (χ2v) is 7.29. The molecule has 9 heteroatoms. The van der Waals surface area contributed by atoms with Gasteiger partial charge in [0.15, 0.2) is 0 Å². The zero-order valence-electron chi connectivity index (χ0n) is 17.3. The highest BCUT2D eigenvalue weighted by atomic mass is 16.5. The van der Waals surface area contributed by atoms with Crippen LogP contribution in [0.2, 0.25) is 0 Å². The maximum atomic E-state index is 12.8. The third-order valence-corrected chi connectivity index (χ3v) is 4.93. The molecule has 29 heavy (non-hydrogen) atoms. The molecule has 2 unspecified atom stereocenters. The van der Waals surface area contributed by atoms with Crippen molar-refractivity contribution in [3.8, 4) is 5.75 Å². The van der Waals surface area contributed by atoms with E-state index in [9.17, 15) is 14.7 Å². The Morgan fingerprint density at radius 1 is 1.24 bits per heavy atom. The van der Waals surface area contributed by atoms with Crippen LogP contribution in [0.1, 0.15) is 18.9 Å². The first-order valence-corrected chi connectivity index (χ1v) is 9.72. The molecule has 0 bridgehead atoms. The van der Waals surface area contributed by atoms with Crippen molar-refractivity contribution in [1.29, 1.82) is 0 Å². The van der Waals surface area contributed by atoms with Gasteiger partial charge in [0.05, 0.1) is 13.1 Å². The van der Waals surface area contributed by atoms with Crippen LogP contribution in [0.3, 0.4) is 0 Å². The molecule has 2 aliphatic rings. The molecular weight excluding hydrogens is 374 g/mol. The van der Waals surface area contributed by atoms with E-state index in [1.54, 1.807) is 11.6 Å². The van der Waals surface area contributed by atoms with Crippen LogP contribution in [0.25, 0.3) is 0 Å². The minimum absolute atomic E-state index is 0.0709. The number of imide groups is 1. The van der Waals surface area contributed by atoms with Crippen molar-refractivity contribution in [2.45, 2.75) is 32.4 Å². The van der Waals surface area contributed by atoms with Gasteiger partial charge in [0.1, 0.15) is 18.5 Å². The van der Waals surface area contributed by atoms with Gasteiger partial charge < -0.3 is 9.84 Å². The number of likely N-dealkylation sites (N-methyl/N-ethyl adjacent to an activating group) is 2. The molecule has 2 atom stereocenters. The lowest BCUT2D eigenvalue weighted by molar-refractivity contribution is -0.545. The van der Waals surface area contributed by atoms with Crippen LogP contribution in [0.5, 0.6) is 5.75 Å². The lowest BCUT2D eigenvalue weighted by Crippen LogP contribution is -2.62. The van der Waals surface area contributed by atoms with E-state index in [0.29, 0.717) is 24.1 Å². The third-order valence-electron chi connectivity index (χ3n) is 4.93. The SMILES string of the molecule is CCCNC1=[N+](CC(O)COc2ccc(C)cc2)C2C(=O)N(C)C(=O)N(C)C2=N1. The molecule has 0 aromatic heterocycles. The number of carbonyl (C=O) groups excluding carboxylic acids is 2. The second-order valence-electron chi connectivity index (χ2n) is 7.29. The van der Waals surface area contributed by atoms with Crippen molar-refractivity contribution in [1.82, 2.24) is 15.1 Å². The number of hydrogen-bond acceptors (Lipinski definition) is 6. The number of rotatable bonds is 7. The lowest BCUT2D eigenvalue weighted by atomic mass is 10.1. The summed E-state index contributed by atoms with van der Waals surface area (Å²) in [4.78, 5) is 32.0. The van der Waals surface area contributed by atoms with Gasteiger partial charge in [-0.2, -0.15) is 0 Å². The van der Waals surface area contributed by atoms with E-state index in [0.717, 1.165) is 16.9 Å². The predicted octanol–water partition coefficient (Wildman–Crippen LogP) is 0.407. The molecule has 1 fully saturated rings. The van der Waals surface area contributed by atoms with E-state index in [2.05, 4.69) is 10.3 Å². The summed E-state index contributed by atoms with van der Waals surface area (Å²) >= 11 is 0. The Bertz CT molecular complexity index is 849. The number of benzene rings is 1. The molecule has 1 aromatic rings. The molecule has 1 aromatic carbocycles. The van der Waals surface area contributed by atoms with E-state index in [4.69, 9.17) is 4.74 Å². The van der Waals surface area contributed by atoms with Crippen molar-refractivity contribution in [3.63, 3.8) is 0 Å². The molecule has 0 spiro atoms. The van der Waals surface area contributed by atoms with Crippen LogP contribution in [0, 0.1) is 6.92 Å². The van der Waals surface area contributed by atoms with Crippen LogP contribution >= 0.6 is 0 Å². The second kappa shape index (κ2) is 8.60. The Balaban J connectivity index is 1.76. The summed E-state index contributed by atoms with van der Waals surface area (Å²) in [5, 5.41) is 13.8. The fourth-order valence-corrected chi connectivity index (χ4v) is 3.27. The number of hydrogen-bond donors (Lipinski definition) is 2. The number of nitrogens with zero attached hydrogens (tertiary/aromatic N) is 4. The van der Waals surface area contributed by atoms with Crippen molar-refractivity contribution in [2.75, 3.05) is 33.8 Å². The number of amides is 3. The van der Waals surface area contributed by atoms with Crippen molar-refractivity contribution < 1.29 is 24.0 Å². The fourth-order valence-electron chi connectivity index (χ4n) is 3.27. The maximum absolute atomic E-state index is 12.8. The number of ether oxygens (including phenoxy) is 1. The number of aryl methyl sites for hydroxylation is 1. The highest BCUT2D eigenvalue weighted by molar-refractivity contribution is 6.22. The van der Waals surface area contributed by atoms with Crippen LogP contribution in [-0.2, 0) is 4.79 Å². The van der Waals surface area contributed by atoms with Gasteiger partial charge in [0.25, 0.3) is 5.91 Å². The number of guanidine groups is 1. The molecule has 2 heterocycles. The van der Waals surface area contributed by atoms with E-state index < -0.39 is 18.2 Å². The Morgan fingerprint density at radius 2 is 1.93 bits per heavy atom. The first kappa shape index (κ1) is 20.8. The van der Waals surface area contributed by atoms with Gasteiger partial charge in [-0.1, -0.05) is 29.6 Å². The topological polar surface area (TPSA) is 97.5 Å². The zero-order chi connectivity index (χ0) is 21.1. The van der Waals surface area contributed by atoms with Crippen LogP contribution < -0.4 is 10.1 Å². The molecule has 9 nitrogen and oxygen atoms in total. The summed E-state index contributed by atoms with van der Waals surface area (Å²) < 4.78 is 7.37. The average Bonchev–Trinajstić information content (AvgIpc) is 3.07. The number of carbonyl (C=O) groups is 2. The van der Waals surface area contributed by atoms with Gasteiger partial charge >= 0.3 is 12.0 Å². The summed E-state index contributed by atoms with van der Waals surface area (Å²) in [6, 6.07) is 6.39. The molecule has 0 radical (unpaired) electrons. The fraction of sp³-hybridized carbons (Fsp3) is 0.500. The highest BCUT2D eigenvalue weighted by Gasteiger charge is 2.51. The largest absolute Gasteiger partial charge is 0.491 e. The first-order chi connectivity index (χ1) is 13.8. The highest BCUT2D eigenvalue weighted by Crippen LogP contribution is 2.19.